The number of nitrogens with zero attached hydrogens (tertiary/aromatic N) is 1. The summed E-state index contributed by atoms with van der Waals surface area (Å²) in [7, 11) is 0. The number of para-hydroxylation sites is 1. The monoisotopic (exact) mass is 559 g/mol. The van der Waals surface area contributed by atoms with E-state index in [9.17, 15) is 14.4 Å². The largest absolute Gasteiger partial charge is 0.352 e. The summed E-state index contributed by atoms with van der Waals surface area (Å²) in [6.45, 7) is 0. The summed E-state index contributed by atoms with van der Waals surface area (Å²) in [6, 6.07) is 30.4. The molecule has 184 valence electrons. The fraction of sp³-hybridized carbons (Fsp3) is 0.121. The number of hydrogen-bond donors (Lipinski definition) is 0. The van der Waals surface area contributed by atoms with E-state index < -0.39 is 23.4 Å². The van der Waals surface area contributed by atoms with Crippen LogP contribution >= 0.6 is 15.9 Å². The van der Waals surface area contributed by atoms with Crippen LogP contribution in [0.15, 0.2) is 114 Å². The summed E-state index contributed by atoms with van der Waals surface area (Å²) in [6.07, 6.45) is 3.93. The number of benzene rings is 4. The van der Waals surface area contributed by atoms with Gasteiger partial charge in [0.15, 0.2) is 17.3 Å². The Morgan fingerprint density at radius 3 is 2.03 bits per heavy atom. The predicted octanol–water partition coefficient (Wildman–Crippen LogP) is 6.77. The first-order valence-corrected chi connectivity index (χ1v) is 13.4. The Kier molecular flexibility index (Phi) is 5.14. The molecule has 1 fully saturated rings. The molecule has 4 aromatic carbocycles. The molecule has 0 amide bonds. The van der Waals surface area contributed by atoms with Crippen molar-refractivity contribution >= 4 is 45.0 Å². The van der Waals surface area contributed by atoms with Gasteiger partial charge in [-0.15, -0.1) is 0 Å². The van der Waals surface area contributed by atoms with E-state index in [0.29, 0.717) is 16.7 Å². The predicted molar refractivity (Wildman–Crippen MR) is 151 cm³/mol. The second-order valence-corrected chi connectivity index (χ2v) is 11.0. The van der Waals surface area contributed by atoms with Crippen molar-refractivity contribution in [2.45, 2.75) is 18.0 Å². The molecule has 1 aliphatic carbocycles. The average Bonchev–Trinajstić information content (AvgIpc) is 3.40. The van der Waals surface area contributed by atoms with E-state index in [1.54, 1.807) is 36.4 Å². The van der Waals surface area contributed by atoms with Gasteiger partial charge in [0.2, 0.25) is 0 Å². The van der Waals surface area contributed by atoms with Crippen molar-refractivity contribution in [3.63, 3.8) is 0 Å². The molecule has 4 aromatic rings. The highest BCUT2D eigenvalue weighted by atomic mass is 79.9. The van der Waals surface area contributed by atoms with Crippen molar-refractivity contribution in [3.05, 3.63) is 141 Å². The summed E-state index contributed by atoms with van der Waals surface area (Å²) < 4.78 is 0.884. The zero-order valence-electron chi connectivity index (χ0n) is 20.3. The zero-order valence-corrected chi connectivity index (χ0v) is 21.8. The van der Waals surface area contributed by atoms with Crippen LogP contribution in [0.4, 0.5) is 5.69 Å². The number of rotatable bonds is 3. The van der Waals surface area contributed by atoms with Gasteiger partial charge < -0.3 is 4.90 Å². The van der Waals surface area contributed by atoms with Crippen LogP contribution in [0, 0.1) is 5.41 Å². The molecule has 1 spiro atoms. The fourth-order valence-electron chi connectivity index (χ4n) is 6.73. The molecule has 3 aliphatic rings. The first-order chi connectivity index (χ1) is 18.5. The van der Waals surface area contributed by atoms with Crippen LogP contribution < -0.4 is 4.90 Å². The van der Waals surface area contributed by atoms with Gasteiger partial charge in [-0.3, -0.25) is 14.4 Å². The molecule has 4 nitrogen and oxygen atoms in total. The number of anilines is 1. The number of carbonyl (C=O) groups excluding carboxylic acids is 3. The highest BCUT2D eigenvalue weighted by Gasteiger charge is 2.71. The highest BCUT2D eigenvalue weighted by Crippen LogP contribution is 2.61. The SMILES string of the molecule is O=C(c1ccccc1)[C@@H]1[C@@H](c2ccc(Br)cc2)C2(C(=O)c3ccccc3C2=O)C2C=Cc3ccccc3N21. The summed E-state index contributed by atoms with van der Waals surface area (Å²) in [5.41, 5.74) is 2.53. The summed E-state index contributed by atoms with van der Waals surface area (Å²) in [4.78, 5) is 45.6. The lowest BCUT2D eigenvalue weighted by Gasteiger charge is -2.37. The maximum absolute atomic E-state index is 14.6. The molecular weight excluding hydrogens is 538 g/mol. The van der Waals surface area contributed by atoms with E-state index in [1.807, 2.05) is 83.8 Å². The Hall–Kier alpha value is -4.09. The third-order valence-electron chi connectivity index (χ3n) is 8.27. The number of Topliss-reactive ketones (excluding diaryl/α,β-unsaturated/α-hetero) is 3. The lowest BCUT2D eigenvalue weighted by Crippen LogP contribution is -2.48. The third kappa shape index (κ3) is 2.99. The molecule has 38 heavy (non-hydrogen) atoms. The van der Waals surface area contributed by atoms with Crippen molar-refractivity contribution < 1.29 is 14.4 Å². The number of carbonyl (C=O) groups is 3. The Morgan fingerprint density at radius 1 is 0.737 bits per heavy atom. The minimum absolute atomic E-state index is 0.109. The maximum Gasteiger partial charge on any atom is 0.185 e. The highest BCUT2D eigenvalue weighted by molar-refractivity contribution is 9.10. The lowest BCUT2D eigenvalue weighted by atomic mass is 9.64. The van der Waals surface area contributed by atoms with Crippen LogP contribution in [0.25, 0.3) is 6.08 Å². The van der Waals surface area contributed by atoms with E-state index in [4.69, 9.17) is 0 Å². The van der Waals surface area contributed by atoms with Crippen LogP contribution in [0.5, 0.6) is 0 Å². The van der Waals surface area contributed by atoms with Crippen LogP contribution in [0.1, 0.15) is 48.1 Å². The summed E-state index contributed by atoms with van der Waals surface area (Å²) in [5.74, 6) is -1.24. The summed E-state index contributed by atoms with van der Waals surface area (Å²) >= 11 is 3.52. The van der Waals surface area contributed by atoms with Crippen LogP contribution in [-0.2, 0) is 0 Å². The van der Waals surface area contributed by atoms with Gasteiger partial charge in [-0.2, -0.15) is 0 Å². The van der Waals surface area contributed by atoms with Gasteiger partial charge in [-0.05, 0) is 29.3 Å². The van der Waals surface area contributed by atoms with Crippen LogP contribution in [0.2, 0.25) is 0 Å². The standard InChI is InChI=1S/C33H22BrNO3/c34-23-17-14-21(15-18-23)28-29(30(36)22-9-2-1-3-10-22)35-26-13-7-4-8-20(26)16-19-27(35)33(28)31(37)24-11-5-6-12-25(24)32(33)38/h1-19,27-29H/t27?,28-,29+/m1/s1. The Morgan fingerprint density at radius 2 is 1.34 bits per heavy atom. The molecule has 0 aromatic heterocycles. The van der Waals surface area contributed by atoms with Gasteiger partial charge in [0.25, 0.3) is 0 Å². The lowest BCUT2D eigenvalue weighted by molar-refractivity contribution is 0.0666. The Balaban J connectivity index is 1.55. The van der Waals surface area contributed by atoms with E-state index in [-0.39, 0.29) is 17.3 Å². The maximum atomic E-state index is 14.6. The first kappa shape index (κ1) is 23.1. The Bertz CT molecular complexity index is 1620. The molecule has 0 bridgehead atoms. The van der Waals surface area contributed by atoms with Gasteiger partial charge >= 0.3 is 0 Å². The Labute approximate surface area is 228 Å². The van der Waals surface area contributed by atoms with Crippen LogP contribution in [-0.4, -0.2) is 29.4 Å². The number of halogens is 1. The van der Waals surface area contributed by atoms with Crippen molar-refractivity contribution in [2.24, 2.45) is 5.41 Å². The van der Waals surface area contributed by atoms with Crippen molar-refractivity contribution in [1.29, 1.82) is 0 Å². The fourth-order valence-corrected chi connectivity index (χ4v) is 7.00. The van der Waals surface area contributed by atoms with E-state index in [0.717, 1.165) is 21.3 Å². The molecule has 7 rings (SSSR count). The second kappa shape index (κ2) is 8.47. The molecule has 5 heteroatoms. The van der Waals surface area contributed by atoms with E-state index in [1.165, 1.54) is 0 Å². The average molecular weight is 560 g/mol. The van der Waals surface area contributed by atoms with E-state index >= 15 is 0 Å². The molecule has 0 N–H and O–H groups in total. The zero-order chi connectivity index (χ0) is 26.0. The van der Waals surface area contributed by atoms with E-state index in [2.05, 4.69) is 15.9 Å². The van der Waals surface area contributed by atoms with Crippen molar-refractivity contribution in [3.8, 4) is 0 Å². The van der Waals surface area contributed by atoms with Gasteiger partial charge in [0.1, 0.15) is 11.5 Å². The molecule has 1 unspecified atom stereocenters. The molecule has 3 atom stereocenters. The number of fused-ring (bicyclic) bond motifs is 5. The minimum atomic E-state index is -1.48. The van der Waals surface area contributed by atoms with Gasteiger partial charge in [-0.1, -0.05) is 113 Å². The molecule has 1 saturated heterocycles. The molecule has 2 heterocycles. The number of hydrogen-bond acceptors (Lipinski definition) is 4. The van der Waals surface area contributed by atoms with Crippen molar-refractivity contribution in [1.82, 2.24) is 0 Å². The normalized spacial score (nSPS) is 22.3. The summed E-state index contributed by atoms with van der Waals surface area (Å²) in [5, 5.41) is 0. The third-order valence-corrected chi connectivity index (χ3v) is 8.80. The smallest absolute Gasteiger partial charge is 0.185 e. The topological polar surface area (TPSA) is 54.5 Å². The van der Waals surface area contributed by atoms with Crippen molar-refractivity contribution in [2.75, 3.05) is 4.90 Å². The quantitative estimate of drug-likeness (QED) is 0.205. The molecule has 0 saturated carbocycles. The second-order valence-electron chi connectivity index (χ2n) is 10.0. The first-order valence-electron chi connectivity index (χ1n) is 12.6. The molecular formula is C33H22BrNO3. The van der Waals surface area contributed by atoms with Gasteiger partial charge in [0, 0.05) is 32.8 Å². The van der Waals surface area contributed by atoms with Crippen LogP contribution in [0.3, 0.4) is 0 Å². The molecule has 2 aliphatic heterocycles. The number of ketones is 3. The minimum Gasteiger partial charge on any atom is -0.352 e. The van der Waals surface area contributed by atoms with Gasteiger partial charge in [0.05, 0.1) is 6.04 Å². The molecule has 0 radical (unpaired) electrons. The van der Waals surface area contributed by atoms with Gasteiger partial charge in [-0.25, -0.2) is 0 Å².